The highest BCUT2D eigenvalue weighted by atomic mass is 19.1. The van der Waals surface area contributed by atoms with Crippen LogP contribution in [0, 0.1) is 11.7 Å². The van der Waals surface area contributed by atoms with Crippen LogP contribution in [0.5, 0.6) is 5.75 Å². The van der Waals surface area contributed by atoms with Crippen LogP contribution in [0.25, 0.3) is 0 Å². The molecule has 8 N–H and O–H groups in total. The van der Waals surface area contributed by atoms with E-state index in [0.717, 1.165) is 48.2 Å². The van der Waals surface area contributed by atoms with Gasteiger partial charge in [0.2, 0.25) is 17.7 Å². The minimum absolute atomic E-state index is 0.00359. The van der Waals surface area contributed by atoms with Gasteiger partial charge < -0.3 is 50.9 Å². The fourth-order valence-corrected chi connectivity index (χ4v) is 7.01. The highest BCUT2D eigenvalue weighted by Gasteiger charge is 2.48. The van der Waals surface area contributed by atoms with Gasteiger partial charge in [0, 0.05) is 31.6 Å². The Morgan fingerprint density at radius 3 is 1.95 bits per heavy atom. The third kappa shape index (κ3) is 15.9. The minimum atomic E-state index is -1.67. The van der Waals surface area contributed by atoms with E-state index in [1.165, 1.54) is 37.8 Å². The van der Waals surface area contributed by atoms with Crippen molar-refractivity contribution in [3.63, 3.8) is 0 Å². The Morgan fingerprint density at radius 2 is 1.35 bits per heavy atom. The SMILES string of the molecule is CCCC(=O)NCc1ccc(N2C(=O)[C@H](CC[C@H](O)c3ccc(F)cc3)[C@H]2c2ccc(OC)cc2)cc1.CCCCCCCCCC(=O)NC[C@H](O)[C@@H](O)[C@H](O)[C@H](O)CO. The van der Waals surface area contributed by atoms with Crippen LogP contribution in [0.3, 0.4) is 0 Å². The second-order valence-electron chi connectivity index (χ2n) is 15.3. The van der Waals surface area contributed by atoms with Crippen LogP contribution in [0.4, 0.5) is 10.1 Å². The van der Waals surface area contributed by atoms with Crippen molar-refractivity contribution in [3.05, 3.63) is 95.3 Å². The third-order valence-electron chi connectivity index (χ3n) is 10.7. The van der Waals surface area contributed by atoms with Gasteiger partial charge in [-0.05, 0) is 78.8 Å². The summed E-state index contributed by atoms with van der Waals surface area (Å²) >= 11 is 0. The number of aliphatic hydroxyl groups excluding tert-OH is 6. The predicted molar refractivity (Wildman–Crippen MR) is 227 cm³/mol. The number of methoxy groups -OCH3 is 1. The Morgan fingerprint density at radius 1 is 0.750 bits per heavy atom. The molecule has 3 aromatic carbocycles. The molecule has 1 fully saturated rings. The number of hydrogen-bond donors (Lipinski definition) is 8. The molecule has 0 spiro atoms. The van der Waals surface area contributed by atoms with Crippen LogP contribution in [0.2, 0.25) is 0 Å². The summed E-state index contributed by atoms with van der Waals surface area (Å²) in [5.41, 5.74) is 3.36. The van der Waals surface area contributed by atoms with Crippen molar-refractivity contribution in [2.24, 2.45) is 5.92 Å². The fraction of sp³-hybridized carbons (Fsp3) is 0.543. The Kier molecular flexibility index (Phi) is 22.2. The summed E-state index contributed by atoms with van der Waals surface area (Å²) in [5.74, 6) is -0.113. The lowest BCUT2D eigenvalue weighted by molar-refractivity contribution is -0.131. The van der Waals surface area contributed by atoms with Crippen LogP contribution in [-0.4, -0.2) is 93.0 Å². The molecule has 0 unspecified atom stereocenters. The van der Waals surface area contributed by atoms with Crippen LogP contribution < -0.4 is 20.3 Å². The summed E-state index contributed by atoms with van der Waals surface area (Å²) in [5, 5.41) is 62.6. The van der Waals surface area contributed by atoms with Gasteiger partial charge in [-0.15, -0.1) is 0 Å². The quantitative estimate of drug-likeness (QED) is 0.0416. The lowest BCUT2D eigenvalue weighted by Gasteiger charge is -2.48. The standard InChI is InChI=1S/C30H33FN2O4.C16H33NO6/c1-3-4-28(35)32-19-20-5-13-24(14-6-20)33-29(22-9-15-25(37-2)16-10-22)26(30(33)36)17-18-27(34)21-7-11-23(31)12-8-21;1-2-3-4-5-6-7-8-9-14(21)17-10-12(19)15(22)16(23)13(20)11-18/h5-16,26-27,29,34H,3-4,17-19H2,1-2H3,(H,32,35);12-13,15-16,18-20,22-23H,2-11H2,1H3,(H,17,21)/t26-,27+,29-;12-,13+,15+,16+/m10/s1. The number of aliphatic hydroxyl groups is 6. The molecule has 1 aliphatic rings. The Hall–Kier alpha value is -4.44. The number of carbonyl (C=O) groups is 3. The zero-order chi connectivity index (χ0) is 44.0. The number of nitrogens with one attached hydrogen (secondary N) is 2. The molecule has 0 aliphatic carbocycles. The molecule has 3 amide bonds. The molecule has 4 rings (SSSR count). The predicted octanol–water partition coefficient (Wildman–Crippen LogP) is 5.15. The maximum absolute atomic E-state index is 13.3. The summed E-state index contributed by atoms with van der Waals surface area (Å²) in [6, 6.07) is 20.9. The Balaban J connectivity index is 0.000000362. The molecule has 1 saturated heterocycles. The van der Waals surface area contributed by atoms with Crippen molar-refractivity contribution in [1.29, 1.82) is 0 Å². The van der Waals surface area contributed by atoms with Crippen molar-refractivity contribution >= 4 is 23.4 Å². The first kappa shape index (κ1) is 49.9. The third-order valence-corrected chi connectivity index (χ3v) is 10.7. The highest BCUT2D eigenvalue weighted by molar-refractivity contribution is 6.03. The largest absolute Gasteiger partial charge is 0.497 e. The number of hydrogen-bond acceptors (Lipinski definition) is 10. The first-order valence-electron chi connectivity index (χ1n) is 21.2. The number of rotatable bonds is 25. The molecule has 3 aromatic rings. The summed E-state index contributed by atoms with van der Waals surface area (Å²) in [6.07, 6.45) is 3.26. The van der Waals surface area contributed by atoms with E-state index in [4.69, 9.17) is 9.84 Å². The number of benzene rings is 3. The van der Waals surface area contributed by atoms with E-state index in [2.05, 4.69) is 17.6 Å². The Labute approximate surface area is 353 Å². The normalized spacial score (nSPS) is 17.3. The Bertz CT molecular complexity index is 1700. The average molecular weight is 840 g/mol. The molecule has 332 valence electrons. The first-order valence-corrected chi connectivity index (χ1v) is 21.2. The van der Waals surface area contributed by atoms with E-state index in [9.17, 15) is 44.3 Å². The van der Waals surface area contributed by atoms with Gasteiger partial charge >= 0.3 is 0 Å². The summed E-state index contributed by atoms with van der Waals surface area (Å²) < 4.78 is 18.5. The number of amides is 3. The molecular weight excluding hydrogens is 774 g/mol. The van der Waals surface area contributed by atoms with Crippen molar-refractivity contribution in [2.75, 3.05) is 25.2 Å². The molecule has 1 heterocycles. The lowest BCUT2D eigenvalue weighted by Crippen LogP contribution is -2.55. The van der Waals surface area contributed by atoms with E-state index < -0.39 is 37.1 Å². The topological polar surface area (TPSA) is 209 Å². The summed E-state index contributed by atoms with van der Waals surface area (Å²) in [6.45, 7) is 3.63. The van der Waals surface area contributed by atoms with Gasteiger partial charge in [0.1, 0.15) is 29.9 Å². The van der Waals surface area contributed by atoms with Crippen molar-refractivity contribution in [2.45, 2.75) is 134 Å². The number of carbonyl (C=O) groups excluding carboxylic acids is 3. The number of ether oxygens (including phenoxy) is 1. The molecule has 1 aliphatic heterocycles. The van der Waals surface area contributed by atoms with Gasteiger partial charge in [-0.2, -0.15) is 0 Å². The van der Waals surface area contributed by atoms with Gasteiger partial charge in [-0.1, -0.05) is 88.8 Å². The molecule has 0 aromatic heterocycles. The summed E-state index contributed by atoms with van der Waals surface area (Å²) in [7, 11) is 1.61. The second kappa shape index (κ2) is 26.7. The molecule has 14 heteroatoms. The summed E-state index contributed by atoms with van der Waals surface area (Å²) in [4.78, 5) is 38.5. The molecule has 0 saturated carbocycles. The molecule has 0 radical (unpaired) electrons. The number of anilines is 1. The lowest BCUT2D eigenvalue weighted by atomic mass is 9.78. The van der Waals surface area contributed by atoms with E-state index >= 15 is 0 Å². The maximum atomic E-state index is 13.3. The van der Waals surface area contributed by atoms with Crippen molar-refractivity contribution in [1.82, 2.24) is 10.6 Å². The zero-order valence-corrected chi connectivity index (χ0v) is 35.2. The van der Waals surface area contributed by atoms with E-state index in [1.54, 1.807) is 24.1 Å². The van der Waals surface area contributed by atoms with Gasteiger partial charge in [0.15, 0.2) is 0 Å². The first-order chi connectivity index (χ1) is 28.8. The van der Waals surface area contributed by atoms with Crippen molar-refractivity contribution in [3.8, 4) is 5.75 Å². The smallest absolute Gasteiger partial charge is 0.233 e. The number of unbranched alkanes of at least 4 members (excludes halogenated alkanes) is 6. The monoisotopic (exact) mass is 839 g/mol. The van der Waals surface area contributed by atoms with Gasteiger partial charge in [0.25, 0.3) is 0 Å². The van der Waals surface area contributed by atoms with Crippen LogP contribution >= 0.6 is 0 Å². The molecule has 7 atom stereocenters. The van der Waals surface area contributed by atoms with Gasteiger partial charge in [-0.25, -0.2) is 4.39 Å². The van der Waals surface area contributed by atoms with E-state index in [-0.39, 0.29) is 42.0 Å². The van der Waals surface area contributed by atoms with E-state index in [1.807, 2.05) is 55.5 Å². The van der Waals surface area contributed by atoms with Crippen LogP contribution in [-0.2, 0) is 20.9 Å². The average Bonchev–Trinajstić information content (AvgIpc) is 3.26. The van der Waals surface area contributed by atoms with Crippen molar-refractivity contribution < 1.29 is 54.2 Å². The number of β-lactam (4-membered cyclic amide) rings is 1. The molecule has 13 nitrogen and oxygen atoms in total. The van der Waals surface area contributed by atoms with Gasteiger partial charge in [-0.3, -0.25) is 14.4 Å². The van der Waals surface area contributed by atoms with Gasteiger partial charge in [0.05, 0.1) is 37.9 Å². The minimum Gasteiger partial charge on any atom is -0.497 e. The number of nitrogens with zero attached hydrogens (tertiary/aromatic N) is 1. The zero-order valence-electron chi connectivity index (χ0n) is 35.2. The van der Waals surface area contributed by atoms with E-state index in [0.29, 0.717) is 37.8 Å². The second-order valence-corrected chi connectivity index (χ2v) is 15.3. The number of halogens is 1. The highest BCUT2D eigenvalue weighted by Crippen LogP contribution is 2.46. The maximum Gasteiger partial charge on any atom is 0.233 e. The molecule has 60 heavy (non-hydrogen) atoms. The fourth-order valence-electron chi connectivity index (χ4n) is 7.01. The van der Waals surface area contributed by atoms with Crippen LogP contribution in [0.15, 0.2) is 72.8 Å². The van der Waals surface area contributed by atoms with Crippen LogP contribution in [0.1, 0.15) is 120 Å². The molecular formula is C46H66FN3O10. The molecule has 0 bridgehead atoms.